The number of ether oxygens (including phenoxy) is 1. The van der Waals surface area contributed by atoms with E-state index in [-0.39, 0.29) is 28.8 Å². The predicted octanol–water partition coefficient (Wildman–Crippen LogP) is 1.80. The van der Waals surface area contributed by atoms with Gasteiger partial charge in [0, 0.05) is 4.47 Å². The molecule has 1 rings (SSSR count). The number of halogens is 2. The number of nitrogen functional groups attached to an aromatic ring is 1. The zero-order valence-corrected chi connectivity index (χ0v) is 10.2. The molecule has 1 aromatic carbocycles. The first-order valence-corrected chi connectivity index (χ1v) is 5.34. The van der Waals surface area contributed by atoms with Gasteiger partial charge in [-0.05, 0) is 28.1 Å². The van der Waals surface area contributed by atoms with Gasteiger partial charge in [0.05, 0.1) is 17.7 Å². The van der Waals surface area contributed by atoms with E-state index >= 15 is 0 Å². The smallest absolute Gasteiger partial charge is 0.339 e. The summed E-state index contributed by atoms with van der Waals surface area (Å²) >= 11 is 2.99. The molecule has 17 heavy (non-hydrogen) atoms. The summed E-state index contributed by atoms with van der Waals surface area (Å²) in [5.41, 5.74) is 5.17. The molecule has 0 bridgehead atoms. The Hall–Kier alpha value is -1.63. The summed E-state index contributed by atoms with van der Waals surface area (Å²) in [6, 6.07) is 2.17. The van der Waals surface area contributed by atoms with Crippen molar-refractivity contribution in [2.24, 2.45) is 0 Å². The van der Waals surface area contributed by atoms with Gasteiger partial charge in [-0.25, -0.2) is 9.18 Å². The second kappa shape index (κ2) is 5.62. The molecule has 7 heteroatoms. The monoisotopic (exact) mass is 305 g/mol. The number of carboxylic acids is 1. The molecule has 0 amide bonds. The van der Waals surface area contributed by atoms with E-state index in [1.165, 1.54) is 0 Å². The molecule has 0 spiro atoms. The van der Waals surface area contributed by atoms with Crippen LogP contribution in [0, 0.1) is 5.82 Å². The second-order valence-electron chi connectivity index (χ2n) is 3.13. The number of esters is 1. The highest BCUT2D eigenvalue weighted by Gasteiger charge is 2.15. The lowest BCUT2D eigenvalue weighted by atomic mass is 10.2. The third-order valence-electron chi connectivity index (χ3n) is 1.86. The van der Waals surface area contributed by atoms with Gasteiger partial charge in [-0.1, -0.05) is 0 Å². The standard InChI is InChI=1S/C10H9BrFNO4/c11-6-4-7(12)8(13)3-5(6)10(16)17-2-1-9(14)15/h3-4H,1-2,13H2,(H,14,15). The highest BCUT2D eigenvalue weighted by Crippen LogP contribution is 2.23. The van der Waals surface area contributed by atoms with Crippen LogP contribution in [-0.2, 0) is 9.53 Å². The lowest BCUT2D eigenvalue weighted by molar-refractivity contribution is -0.137. The molecule has 0 aliphatic rings. The van der Waals surface area contributed by atoms with Crippen molar-refractivity contribution >= 4 is 33.6 Å². The lowest BCUT2D eigenvalue weighted by Crippen LogP contribution is -2.11. The maximum atomic E-state index is 13.0. The molecule has 0 aliphatic heterocycles. The number of rotatable bonds is 4. The number of benzene rings is 1. The Balaban J connectivity index is 2.75. The van der Waals surface area contributed by atoms with Gasteiger partial charge < -0.3 is 15.6 Å². The van der Waals surface area contributed by atoms with Crippen molar-refractivity contribution < 1.29 is 23.8 Å². The Morgan fingerprint density at radius 1 is 1.47 bits per heavy atom. The van der Waals surface area contributed by atoms with Crippen LogP contribution in [-0.4, -0.2) is 23.7 Å². The van der Waals surface area contributed by atoms with Gasteiger partial charge in [0.15, 0.2) is 0 Å². The van der Waals surface area contributed by atoms with E-state index in [1.54, 1.807) is 0 Å². The Labute approximate surface area is 104 Å². The largest absolute Gasteiger partial charge is 0.481 e. The van der Waals surface area contributed by atoms with Crippen molar-refractivity contribution in [3.8, 4) is 0 Å². The maximum Gasteiger partial charge on any atom is 0.339 e. The van der Waals surface area contributed by atoms with Gasteiger partial charge in [-0.15, -0.1) is 0 Å². The van der Waals surface area contributed by atoms with Crippen molar-refractivity contribution in [2.45, 2.75) is 6.42 Å². The van der Waals surface area contributed by atoms with E-state index in [2.05, 4.69) is 20.7 Å². The SMILES string of the molecule is Nc1cc(C(=O)OCCC(=O)O)c(Br)cc1F. The molecule has 3 N–H and O–H groups in total. The second-order valence-corrected chi connectivity index (χ2v) is 3.99. The van der Waals surface area contributed by atoms with Crippen LogP contribution in [0.1, 0.15) is 16.8 Å². The fourth-order valence-corrected chi connectivity index (χ4v) is 1.51. The number of hydrogen-bond acceptors (Lipinski definition) is 4. The number of carbonyl (C=O) groups is 2. The Morgan fingerprint density at radius 3 is 2.71 bits per heavy atom. The third-order valence-corrected chi connectivity index (χ3v) is 2.51. The summed E-state index contributed by atoms with van der Waals surface area (Å²) < 4.78 is 17.9. The van der Waals surface area contributed by atoms with Crippen molar-refractivity contribution in [1.29, 1.82) is 0 Å². The van der Waals surface area contributed by atoms with Crippen LogP contribution in [0.2, 0.25) is 0 Å². The summed E-state index contributed by atoms with van der Waals surface area (Å²) in [4.78, 5) is 21.7. The van der Waals surface area contributed by atoms with Crippen molar-refractivity contribution in [2.75, 3.05) is 12.3 Å². The van der Waals surface area contributed by atoms with Crippen molar-refractivity contribution in [3.05, 3.63) is 28.0 Å². The van der Waals surface area contributed by atoms with Gasteiger partial charge >= 0.3 is 11.9 Å². The lowest BCUT2D eigenvalue weighted by Gasteiger charge is -2.06. The summed E-state index contributed by atoms with van der Waals surface area (Å²) in [5.74, 6) is -2.49. The molecule has 0 fully saturated rings. The quantitative estimate of drug-likeness (QED) is 0.654. The van der Waals surface area contributed by atoms with E-state index in [0.717, 1.165) is 12.1 Å². The average molecular weight is 306 g/mol. The van der Waals surface area contributed by atoms with Crippen LogP contribution in [0.4, 0.5) is 10.1 Å². The number of carboxylic acid groups (broad SMARTS) is 1. The first-order valence-electron chi connectivity index (χ1n) is 4.55. The van der Waals surface area contributed by atoms with Crippen LogP contribution >= 0.6 is 15.9 Å². The summed E-state index contributed by atoms with van der Waals surface area (Å²) in [6.45, 7) is -0.252. The van der Waals surface area contributed by atoms with Crippen LogP contribution in [0.25, 0.3) is 0 Å². The van der Waals surface area contributed by atoms with E-state index in [1.807, 2.05) is 0 Å². The predicted molar refractivity (Wildman–Crippen MR) is 61.0 cm³/mol. The minimum absolute atomic E-state index is 0.0503. The maximum absolute atomic E-state index is 13.0. The summed E-state index contributed by atoms with van der Waals surface area (Å²) in [5, 5.41) is 8.36. The molecule has 0 aromatic heterocycles. The average Bonchev–Trinajstić information content (AvgIpc) is 2.22. The van der Waals surface area contributed by atoms with Crippen molar-refractivity contribution in [3.63, 3.8) is 0 Å². The van der Waals surface area contributed by atoms with Crippen LogP contribution in [0.5, 0.6) is 0 Å². The number of nitrogens with two attached hydrogens (primary N) is 1. The highest BCUT2D eigenvalue weighted by molar-refractivity contribution is 9.10. The fraction of sp³-hybridized carbons (Fsp3) is 0.200. The Bertz CT molecular complexity index is 464. The Kier molecular flexibility index (Phi) is 4.45. The molecule has 0 radical (unpaired) electrons. The molecular weight excluding hydrogens is 297 g/mol. The van der Waals surface area contributed by atoms with E-state index in [4.69, 9.17) is 10.8 Å². The van der Waals surface area contributed by atoms with Gasteiger partial charge in [0.25, 0.3) is 0 Å². The molecule has 5 nitrogen and oxygen atoms in total. The topological polar surface area (TPSA) is 89.6 Å². The minimum Gasteiger partial charge on any atom is -0.481 e. The summed E-state index contributed by atoms with van der Waals surface area (Å²) in [7, 11) is 0. The molecular formula is C10H9BrFNO4. The first-order chi connectivity index (χ1) is 7.91. The number of carbonyl (C=O) groups excluding carboxylic acids is 1. The molecule has 0 unspecified atom stereocenters. The molecule has 0 aliphatic carbocycles. The van der Waals surface area contributed by atoms with E-state index in [9.17, 15) is 14.0 Å². The zero-order chi connectivity index (χ0) is 13.0. The first kappa shape index (κ1) is 13.4. The highest BCUT2D eigenvalue weighted by atomic mass is 79.9. The molecule has 0 saturated heterocycles. The molecule has 92 valence electrons. The van der Waals surface area contributed by atoms with Gasteiger partial charge in [0.1, 0.15) is 12.4 Å². The zero-order valence-electron chi connectivity index (χ0n) is 8.57. The van der Waals surface area contributed by atoms with E-state index < -0.39 is 17.8 Å². The minimum atomic E-state index is -1.07. The molecule has 0 heterocycles. The fourth-order valence-electron chi connectivity index (χ4n) is 1.03. The molecule has 0 atom stereocenters. The van der Waals surface area contributed by atoms with Crippen molar-refractivity contribution in [1.82, 2.24) is 0 Å². The molecule has 1 aromatic rings. The van der Waals surface area contributed by atoms with Crippen LogP contribution in [0.15, 0.2) is 16.6 Å². The normalized spacial score (nSPS) is 10.0. The van der Waals surface area contributed by atoms with E-state index in [0.29, 0.717) is 0 Å². The van der Waals surface area contributed by atoms with Gasteiger partial charge in [0.2, 0.25) is 0 Å². The molecule has 0 saturated carbocycles. The van der Waals surface area contributed by atoms with Crippen LogP contribution in [0.3, 0.4) is 0 Å². The van der Waals surface area contributed by atoms with Gasteiger partial charge in [-0.2, -0.15) is 0 Å². The number of aliphatic carboxylic acids is 1. The van der Waals surface area contributed by atoms with Gasteiger partial charge in [-0.3, -0.25) is 4.79 Å². The Morgan fingerprint density at radius 2 is 2.12 bits per heavy atom. The number of anilines is 1. The number of hydrogen-bond donors (Lipinski definition) is 2. The summed E-state index contributed by atoms with van der Waals surface area (Å²) in [6.07, 6.45) is -0.292. The van der Waals surface area contributed by atoms with Crippen LogP contribution < -0.4 is 5.73 Å². The third kappa shape index (κ3) is 3.70.